The Bertz CT molecular complexity index is 746. The second-order valence-electron chi connectivity index (χ2n) is 8.41. The average Bonchev–Trinajstić information content (AvgIpc) is 2.69. The predicted octanol–water partition coefficient (Wildman–Crippen LogP) is 5.50. The predicted molar refractivity (Wildman–Crippen MR) is 102 cm³/mol. The summed E-state index contributed by atoms with van der Waals surface area (Å²) >= 11 is 0. The molecule has 0 heterocycles. The van der Waals surface area contributed by atoms with Crippen LogP contribution in [0.2, 0.25) is 0 Å². The number of hydrogen-bond donors (Lipinski definition) is 1. The molecule has 2 saturated carbocycles. The molecule has 3 atom stereocenters. The number of carbonyl (C=O) groups is 2. The number of fused-ring (bicyclic) bond motifs is 2. The van der Waals surface area contributed by atoms with Crippen LogP contribution >= 0.6 is 0 Å². The lowest BCUT2D eigenvalue weighted by Gasteiger charge is -2.39. The molecular formula is C23H28O3. The summed E-state index contributed by atoms with van der Waals surface area (Å²) in [6, 6.07) is 6.85. The molecule has 138 valence electrons. The van der Waals surface area contributed by atoms with E-state index in [2.05, 4.69) is 0 Å². The van der Waals surface area contributed by atoms with Crippen molar-refractivity contribution >= 4 is 17.3 Å². The Morgan fingerprint density at radius 1 is 0.885 bits per heavy atom. The highest BCUT2D eigenvalue weighted by atomic mass is 16.3. The van der Waals surface area contributed by atoms with E-state index in [1.165, 1.54) is 44.9 Å². The van der Waals surface area contributed by atoms with E-state index in [0.717, 1.165) is 30.6 Å². The molecule has 0 amide bonds. The summed E-state index contributed by atoms with van der Waals surface area (Å²) < 4.78 is 0. The molecule has 1 N–H and O–H groups in total. The highest BCUT2D eigenvalue weighted by Crippen LogP contribution is 2.44. The Hall–Kier alpha value is -1.90. The van der Waals surface area contributed by atoms with Crippen LogP contribution < -0.4 is 0 Å². The highest BCUT2D eigenvalue weighted by molar-refractivity contribution is 6.52. The molecular weight excluding hydrogens is 324 g/mol. The van der Waals surface area contributed by atoms with Crippen molar-refractivity contribution in [1.82, 2.24) is 0 Å². The van der Waals surface area contributed by atoms with Gasteiger partial charge in [-0.15, -0.1) is 0 Å². The van der Waals surface area contributed by atoms with Gasteiger partial charge < -0.3 is 5.11 Å². The molecule has 0 bridgehead atoms. The van der Waals surface area contributed by atoms with E-state index in [-0.39, 0.29) is 5.76 Å². The standard InChI is InChI=1S/C23H28O3/c24-21-18-9-3-4-10-19(18)22(25)23(26)20(21)11-5-6-15-12-13-16-7-1-2-8-17(16)14-15/h3-4,9-10,15-17,24H,1-2,5-8,11-14H2/t15-,16-,17+/m1/s1. The lowest BCUT2D eigenvalue weighted by molar-refractivity contribution is -0.112. The molecule has 0 radical (unpaired) electrons. The first kappa shape index (κ1) is 17.5. The smallest absolute Gasteiger partial charge is 0.234 e. The van der Waals surface area contributed by atoms with Crippen LogP contribution in [-0.4, -0.2) is 16.7 Å². The lowest BCUT2D eigenvalue weighted by Crippen LogP contribution is -2.28. The van der Waals surface area contributed by atoms with Gasteiger partial charge >= 0.3 is 0 Å². The molecule has 0 aromatic heterocycles. The van der Waals surface area contributed by atoms with Gasteiger partial charge in [-0.1, -0.05) is 62.8 Å². The monoisotopic (exact) mass is 352 g/mol. The largest absolute Gasteiger partial charge is 0.507 e. The average molecular weight is 352 g/mol. The molecule has 1 aromatic carbocycles. The van der Waals surface area contributed by atoms with Crippen LogP contribution in [0.15, 0.2) is 29.8 Å². The third-order valence-electron chi connectivity index (χ3n) is 6.88. The van der Waals surface area contributed by atoms with Gasteiger partial charge in [-0.05, 0) is 43.4 Å². The van der Waals surface area contributed by atoms with Crippen molar-refractivity contribution < 1.29 is 14.7 Å². The van der Waals surface area contributed by atoms with Crippen molar-refractivity contribution in [1.29, 1.82) is 0 Å². The minimum Gasteiger partial charge on any atom is -0.507 e. The zero-order valence-electron chi connectivity index (χ0n) is 15.4. The van der Waals surface area contributed by atoms with Crippen LogP contribution in [0.25, 0.3) is 5.76 Å². The first-order chi connectivity index (χ1) is 12.6. The summed E-state index contributed by atoms with van der Waals surface area (Å²) in [4.78, 5) is 24.7. The summed E-state index contributed by atoms with van der Waals surface area (Å²) in [5.41, 5.74) is 1.16. The fourth-order valence-electron chi connectivity index (χ4n) is 5.45. The van der Waals surface area contributed by atoms with E-state index in [1.54, 1.807) is 24.3 Å². The molecule has 0 saturated heterocycles. The number of allylic oxidation sites excluding steroid dienone is 1. The number of aliphatic hydroxyl groups excluding tert-OH is 1. The molecule has 1 aromatic rings. The minimum atomic E-state index is -0.516. The van der Waals surface area contributed by atoms with Gasteiger partial charge in [0.15, 0.2) is 0 Å². The zero-order chi connectivity index (χ0) is 18.1. The number of hydrogen-bond acceptors (Lipinski definition) is 3. The van der Waals surface area contributed by atoms with Crippen LogP contribution in [-0.2, 0) is 4.79 Å². The van der Waals surface area contributed by atoms with Gasteiger partial charge in [0.05, 0.1) is 0 Å². The van der Waals surface area contributed by atoms with Crippen molar-refractivity contribution in [3.8, 4) is 0 Å². The summed E-state index contributed by atoms with van der Waals surface area (Å²) in [7, 11) is 0. The normalized spacial score (nSPS) is 28.7. The highest BCUT2D eigenvalue weighted by Gasteiger charge is 2.34. The molecule has 3 heteroatoms. The van der Waals surface area contributed by atoms with E-state index in [4.69, 9.17) is 0 Å². The van der Waals surface area contributed by atoms with Gasteiger partial charge in [0.1, 0.15) is 5.76 Å². The summed E-state index contributed by atoms with van der Waals surface area (Å²) in [5.74, 6) is 1.65. The molecule has 3 nitrogen and oxygen atoms in total. The molecule has 3 aliphatic carbocycles. The van der Waals surface area contributed by atoms with Gasteiger partial charge in [0.2, 0.25) is 11.6 Å². The minimum absolute atomic E-state index is 0.0150. The maximum Gasteiger partial charge on any atom is 0.234 e. The Morgan fingerprint density at radius 3 is 2.42 bits per heavy atom. The number of carbonyl (C=O) groups excluding carboxylic acids is 2. The van der Waals surface area contributed by atoms with Gasteiger partial charge in [-0.3, -0.25) is 9.59 Å². The fraction of sp³-hybridized carbons (Fsp3) is 0.565. The van der Waals surface area contributed by atoms with Gasteiger partial charge in [-0.25, -0.2) is 0 Å². The van der Waals surface area contributed by atoms with E-state index >= 15 is 0 Å². The second-order valence-corrected chi connectivity index (χ2v) is 8.41. The maximum absolute atomic E-state index is 12.4. The second kappa shape index (κ2) is 7.38. The van der Waals surface area contributed by atoms with Crippen molar-refractivity contribution in [2.24, 2.45) is 17.8 Å². The van der Waals surface area contributed by atoms with Crippen LogP contribution in [0.1, 0.15) is 80.1 Å². The van der Waals surface area contributed by atoms with Crippen LogP contribution in [0.5, 0.6) is 0 Å². The van der Waals surface area contributed by atoms with E-state index in [1.807, 2.05) is 0 Å². The van der Waals surface area contributed by atoms with E-state index in [0.29, 0.717) is 23.1 Å². The Morgan fingerprint density at radius 2 is 1.62 bits per heavy atom. The number of rotatable bonds is 4. The zero-order valence-corrected chi connectivity index (χ0v) is 15.4. The number of aliphatic hydroxyl groups is 1. The third-order valence-corrected chi connectivity index (χ3v) is 6.88. The molecule has 3 aliphatic rings. The van der Waals surface area contributed by atoms with Gasteiger partial charge in [-0.2, -0.15) is 0 Å². The van der Waals surface area contributed by atoms with E-state index < -0.39 is 11.6 Å². The molecule has 2 fully saturated rings. The quantitative estimate of drug-likeness (QED) is 0.728. The van der Waals surface area contributed by atoms with Crippen molar-refractivity contribution in [2.45, 2.75) is 64.2 Å². The summed E-state index contributed by atoms with van der Waals surface area (Å²) in [5, 5.41) is 10.5. The fourth-order valence-corrected chi connectivity index (χ4v) is 5.45. The molecule has 4 rings (SSSR count). The molecule has 0 unspecified atom stereocenters. The van der Waals surface area contributed by atoms with Crippen LogP contribution in [0, 0.1) is 17.8 Å². The first-order valence-electron chi connectivity index (χ1n) is 10.3. The topological polar surface area (TPSA) is 54.4 Å². The number of Topliss-reactive ketones (excluding diaryl/α,β-unsaturated/α-hetero) is 2. The van der Waals surface area contributed by atoms with Crippen molar-refractivity contribution in [3.63, 3.8) is 0 Å². The third kappa shape index (κ3) is 3.24. The Balaban J connectivity index is 1.39. The van der Waals surface area contributed by atoms with Gasteiger partial charge in [0.25, 0.3) is 0 Å². The molecule has 0 spiro atoms. The van der Waals surface area contributed by atoms with Gasteiger partial charge in [0, 0.05) is 16.7 Å². The number of benzene rings is 1. The maximum atomic E-state index is 12.4. The van der Waals surface area contributed by atoms with Crippen molar-refractivity contribution in [2.75, 3.05) is 0 Å². The van der Waals surface area contributed by atoms with E-state index in [9.17, 15) is 14.7 Å². The first-order valence-corrected chi connectivity index (χ1v) is 10.3. The van der Waals surface area contributed by atoms with Crippen LogP contribution in [0.4, 0.5) is 0 Å². The Kier molecular flexibility index (Phi) is 4.97. The van der Waals surface area contributed by atoms with Crippen molar-refractivity contribution in [3.05, 3.63) is 41.0 Å². The number of ketones is 2. The Labute approximate surface area is 155 Å². The lowest BCUT2D eigenvalue weighted by atomic mass is 9.66. The SMILES string of the molecule is O=C1C(=O)c2ccccc2C(O)=C1CCC[C@@H]1CC[C@H]2CCCC[C@H]2C1. The molecule has 26 heavy (non-hydrogen) atoms. The summed E-state index contributed by atoms with van der Waals surface area (Å²) in [6.45, 7) is 0. The van der Waals surface area contributed by atoms with Crippen LogP contribution in [0.3, 0.4) is 0 Å². The molecule has 0 aliphatic heterocycles. The summed E-state index contributed by atoms with van der Waals surface area (Å²) in [6.07, 6.45) is 12.1.